The fourth-order valence-electron chi connectivity index (χ4n) is 5.00. The number of pyridine rings is 1. The quantitative estimate of drug-likeness (QED) is 0.216. The second-order valence-electron chi connectivity index (χ2n) is 10.3. The molecule has 1 fully saturated rings. The van der Waals surface area contributed by atoms with Gasteiger partial charge in [0.1, 0.15) is 24.0 Å². The van der Waals surface area contributed by atoms with Crippen molar-refractivity contribution in [3.8, 4) is 11.6 Å². The van der Waals surface area contributed by atoms with E-state index in [-0.39, 0.29) is 30.6 Å². The number of nitrogens with zero attached hydrogens (tertiary/aromatic N) is 3. The summed E-state index contributed by atoms with van der Waals surface area (Å²) in [6.07, 6.45) is 1.89. The lowest BCUT2D eigenvalue weighted by Gasteiger charge is -2.27. The largest absolute Gasteiger partial charge is 0.484 e. The topological polar surface area (TPSA) is 175 Å². The van der Waals surface area contributed by atoms with E-state index in [0.29, 0.717) is 49.1 Å². The summed E-state index contributed by atoms with van der Waals surface area (Å²) in [4.78, 5) is 33.6. The molecule has 0 unspecified atom stereocenters. The van der Waals surface area contributed by atoms with Crippen molar-refractivity contribution in [3.63, 3.8) is 0 Å². The van der Waals surface area contributed by atoms with Gasteiger partial charge in [-0.2, -0.15) is 4.98 Å². The zero-order chi connectivity index (χ0) is 30.8. The van der Waals surface area contributed by atoms with Crippen molar-refractivity contribution in [3.05, 3.63) is 76.5 Å². The summed E-state index contributed by atoms with van der Waals surface area (Å²) in [5.74, 6) is -0.665. The molecule has 0 radical (unpaired) electrons. The first-order valence-corrected chi connectivity index (χ1v) is 15.4. The van der Waals surface area contributed by atoms with Gasteiger partial charge in [-0.15, -0.1) is 0 Å². The van der Waals surface area contributed by atoms with E-state index in [4.69, 9.17) is 18.9 Å². The minimum Gasteiger partial charge on any atom is -0.484 e. The average molecular weight is 624 g/mol. The number of aromatic nitrogens is 2. The van der Waals surface area contributed by atoms with Gasteiger partial charge >= 0.3 is 5.69 Å². The van der Waals surface area contributed by atoms with Crippen molar-refractivity contribution in [2.75, 3.05) is 37.9 Å². The number of carbonyl (C=O) groups is 1. The number of benzene rings is 2. The minimum atomic E-state index is -4.52. The van der Waals surface area contributed by atoms with E-state index in [9.17, 15) is 23.3 Å². The molecule has 0 saturated carbocycles. The van der Waals surface area contributed by atoms with Gasteiger partial charge in [-0.25, -0.2) is 13.1 Å². The van der Waals surface area contributed by atoms with Crippen LogP contribution in [-0.4, -0.2) is 74.4 Å². The molecule has 14 nitrogen and oxygen atoms in total. The lowest BCUT2D eigenvalue weighted by molar-refractivity contribution is -0.386. The first-order valence-electron chi connectivity index (χ1n) is 13.9. The molecule has 1 amide bonds. The normalized spacial score (nSPS) is 18.6. The van der Waals surface area contributed by atoms with E-state index in [1.165, 1.54) is 12.1 Å². The summed E-state index contributed by atoms with van der Waals surface area (Å²) in [6, 6.07) is 13.5. The molecule has 230 valence electrons. The predicted molar refractivity (Wildman–Crippen MR) is 158 cm³/mol. The number of hydrogen-bond acceptors (Lipinski definition) is 11. The third-order valence-corrected chi connectivity index (χ3v) is 8.53. The number of rotatable bonds is 8. The number of nitro benzene ring substituents is 1. The zero-order valence-corrected chi connectivity index (χ0v) is 24.4. The van der Waals surface area contributed by atoms with Gasteiger partial charge in [-0.1, -0.05) is 12.1 Å². The van der Waals surface area contributed by atoms with Crippen LogP contribution in [-0.2, 0) is 19.5 Å². The predicted octanol–water partition coefficient (Wildman–Crippen LogP) is 3.69. The zero-order valence-electron chi connectivity index (χ0n) is 23.6. The molecular weight excluding hydrogens is 594 g/mol. The van der Waals surface area contributed by atoms with Crippen LogP contribution in [0.1, 0.15) is 23.7 Å². The molecule has 44 heavy (non-hydrogen) atoms. The summed E-state index contributed by atoms with van der Waals surface area (Å²) in [5.41, 5.74) is 1.23. The van der Waals surface area contributed by atoms with Crippen LogP contribution in [0.2, 0.25) is 0 Å². The average Bonchev–Trinajstić information content (AvgIpc) is 3.37. The highest BCUT2D eigenvalue weighted by molar-refractivity contribution is 7.90. The molecule has 2 atom stereocenters. The van der Waals surface area contributed by atoms with Crippen LogP contribution in [0.5, 0.6) is 11.6 Å². The number of nitrogens with one attached hydrogen (secondary N) is 2. The van der Waals surface area contributed by atoms with Crippen molar-refractivity contribution < 1.29 is 37.1 Å². The second kappa shape index (κ2) is 12.1. The fourth-order valence-corrected chi connectivity index (χ4v) is 5.99. The van der Waals surface area contributed by atoms with E-state index in [2.05, 4.69) is 14.7 Å². The molecule has 4 heterocycles. The second-order valence-corrected chi connectivity index (χ2v) is 12.0. The Hall–Kier alpha value is -4.73. The number of carbonyl (C=O) groups excluding carboxylic acids is 1. The Morgan fingerprint density at radius 3 is 2.80 bits per heavy atom. The Morgan fingerprint density at radius 2 is 2.00 bits per heavy atom. The Labute approximate surface area is 252 Å². The molecule has 6 rings (SSSR count). The Balaban J connectivity index is 1.25. The number of fused-ring (bicyclic) bond motifs is 2. The van der Waals surface area contributed by atoms with Crippen LogP contribution in [0, 0.1) is 10.1 Å². The summed E-state index contributed by atoms with van der Waals surface area (Å²) in [6.45, 7) is 3.35. The molecular formula is C29H29N5O9S. The molecule has 2 aromatic carbocycles. The minimum absolute atomic E-state index is 0.0248. The number of aromatic amines is 1. The standard InChI is InChI=1S/C29H29N5O9S/c1-18-15-42-20(16-41-18)17-43-26-8-7-21(14-24(26)34(36)37)44(38,39)32-28(35)22-5-2-3-6-23(22)33-11-4-12-40-29-25(33)13-19-9-10-30-27(19)31-29/h2-3,5-10,13-14,18,20H,4,11-12,15-17H2,1H3,(H,30,31)(H,32,35)/t18-,20-/m1/s1. The van der Waals surface area contributed by atoms with Gasteiger partial charge < -0.3 is 28.8 Å². The molecule has 2 aliphatic rings. The fraction of sp³-hybridized carbons (Fsp3) is 0.310. The van der Waals surface area contributed by atoms with E-state index in [0.717, 1.165) is 17.5 Å². The SMILES string of the molecule is C[C@@H]1CO[C@@H](COc2ccc(S(=O)(=O)NC(=O)c3ccccc3N3CCCOc4nc5[nH]ccc5cc43)cc2[N+](=O)[O-])CO1. The van der Waals surface area contributed by atoms with Crippen molar-refractivity contribution in [1.29, 1.82) is 0 Å². The number of ether oxygens (including phenoxy) is 4. The van der Waals surface area contributed by atoms with Gasteiger partial charge in [-0.3, -0.25) is 14.9 Å². The molecule has 2 N–H and O–H groups in total. The van der Waals surface area contributed by atoms with Gasteiger partial charge in [0.25, 0.3) is 15.9 Å². The van der Waals surface area contributed by atoms with Crippen molar-refractivity contribution in [2.24, 2.45) is 0 Å². The third-order valence-electron chi connectivity index (χ3n) is 7.20. The summed E-state index contributed by atoms with van der Waals surface area (Å²) < 4.78 is 51.2. The van der Waals surface area contributed by atoms with Crippen molar-refractivity contribution in [1.82, 2.24) is 14.7 Å². The number of para-hydroxylation sites is 1. The number of amides is 1. The molecule has 1 saturated heterocycles. The lowest BCUT2D eigenvalue weighted by atomic mass is 10.1. The van der Waals surface area contributed by atoms with Gasteiger partial charge in [0, 0.05) is 24.2 Å². The molecule has 0 spiro atoms. The Kier molecular flexibility index (Phi) is 8.07. The van der Waals surface area contributed by atoms with Crippen LogP contribution in [0.15, 0.2) is 65.7 Å². The molecule has 15 heteroatoms. The van der Waals surface area contributed by atoms with Gasteiger partial charge in [0.15, 0.2) is 5.75 Å². The Morgan fingerprint density at radius 1 is 1.16 bits per heavy atom. The monoisotopic (exact) mass is 623 g/mol. The summed E-state index contributed by atoms with van der Waals surface area (Å²) >= 11 is 0. The van der Waals surface area contributed by atoms with Crippen LogP contribution in [0.4, 0.5) is 17.1 Å². The first-order chi connectivity index (χ1) is 21.2. The number of anilines is 2. The summed E-state index contributed by atoms with van der Waals surface area (Å²) in [5, 5.41) is 12.7. The number of sulfonamides is 1. The third kappa shape index (κ3) is 6.02. The van der Waals surface area contributed by atoms with E-state index >= 15 is 0 Å². The number of hydrogen-bond donors (Lipinski definition) is 2. The van der Waals surface area contributed by atoms with E-state index in [1.807, 2.05) is 24.0 Å². The number of nitro groups is 1. The maximum atomic E-state index is 13.5. The van der Waals surface area contributed by atoms with E-state index < -0.39 is 37.5 Å². The van der Waals surface area contributed by atoms with Gasteiger partial charge in [-0.05, 0) is 49.7 Å². The highest BCUT2D eigenvalue weighted by Gasteiger charge is 2.29. The van der Waals surface area contributed by atoms with E-state index in [1.54, 1.807) is 24.4 Å². The van der Waals surface area contributed by atoms with Crippen LogP contribution in [0.25, 0.3) is 11.0 Å². The first kappa shape index (κ1) is 29.3. The number of H-pyrrole nitrogens is 1. The van der Waals surface area contributed by atoms with Crippen LogP contribution in [0.3, 0.4) is 0 Å². The highest BCUT2D eigenvalue weighted by atomic mass is 32.2. The van der Waals surface area contributed by atoms with Gasteiger partial charge in [0.05, 0.1) is 47.0 Å². The molecule has 0 bridgehead atoms. The van der Waals surface area contributed by atoms with Crippen LogP contribution < -0.4 is 19.1 Å². The van der Waals surface area contributed by atoms with Crippen LogP contribution >= 0.6 is 0 Å². The molecule has 4 aromatic rings. The lowest BCUT2D eigenvalue weighted by Crippen LogP contribution is -2.37. The van der Waals surface area contributed by atoms with Crippen molar-refractivity contribution >= 4 is 44.0 Å². The Bertz CT molecular complexity index is 1820. The molecule has 0 aliphatic carbocycles. The maximum absolute atomic E-state index is 13.5. The van der Waals surface area contributed by atoms with Gasteiger partial charge in [0.2, 0.25) is 5.88 Å². The molecule has 2 aromatic heterocycles. The highest BCUT2D eigenvalue weighted by Crippen LogP contribution is 2.38. The smallest absolute Gasteiger partial charge is 0.312 e. The summed E-state index contributed by atoms with van der Waals surface area (Å²) in [7, 11) is -4.52. The van der Waals surface area contributed by atoms with Crippen molar-refractivity contribution in [2.45, 2.75) is 30.4 Å². The maximum Gasteiger partial charge on any atom is 0.312 e. The molecule has 2 aliphatic heterocycles.